The molecule has 0 aliphatic rings. The topological polar surface area (TPSA) is 68.5 Å². The first kappa shape index (κ1) is 11.2. The van der Waals surface area contributed by atoms with Crippen LogP contribution < -0.4 is 4.84 Å². The van der Waals surface area contributed by atoms with Gasteiger partial charge in [0.1, 0.15) is 5.75 Å². The summed E-state index contributed by atoms with van der Waals surface area (Å²) in [7, 11) is 0. The number of carbonyl (C=O) groups is 2. The van der Waals surface area contributed by atoms with E-state index in [1.165, 1.54) is 6.20 Å². The maximum Gasteiger partial charge on any atom is 0.399 e. The van der Waals surface area contributed by atoms with Gasteiger partial charge in [-0.15, -0.1) is 0 Å². The van der Waals surface area contributed by atoms with Crippen molar-refractivity contribution >= 4 is 22.7 Å². The summed E-state index contributed by atoms with van der Waals surface area (Å²) in [5.74, 6) is -1.55. The molecule has 1 aromatic heterocycles. The lowest BCUT2D eigenvalue weighted by atomic mass is 10.2. The van der Waals surface area contributed by atoms with Crippen molar-refractivity contribution in [3.8, 4) is 5.75 Å². The van der Waals surface area contributed by atoms with Crippen molar-refractivity contribution < 1.29 is 19.5 Å². The molecule has 0 atom stereocenters. The van der Waals surface area contributed by atoms with E-state index in [9.17, 15) is 14.7 Å². The first-order valence-corrected chi connectivity index (χ1v) is 5.18. The zero-order valence-electron chi connectivity index (χ0n) is 9.21. The van der Waals surface area contributed by atoms with E-state index in [0.29, 0.717) is 10.9 Å². The van der Waals surface area contributed by atoms with Gasteiger partial charge in [-0.2, -0.15) is 4.73 Å². The van der Waals surface area contributed by atoms with E-state index < -0.39 is 11.8 Å². The molecule has 1 aromatic carbocycles. The Balaban J connectivity index is 2.37. The first-order chi connectivity index (χ1) is 8.13. The smallest absolute Gasteiger partial charge is 0.399 e. The van der Waals surface area contributed by atoms with Crippen LogP contribution in [-0.2, 0) is 9.59 Å². The molecule has 0 saturated heterocycles. The van der Waals surface area contributed by atoms with Gasteiger partial charge in [0.05, 0.1) is 11.7 Å². The summed E-state index contributed by atoms with van der Waals surface area (Å²) in [4.78, 5) is 27.3. The number of hydrogen-bond donors (Lipinski definition) is 1. The third-order valence-electron chi connectivity index (χ3n) is 2.39. The number of carbonyl (C=O) groups excluding carboxylic acids is 2. The molecular formula is C12H11NO4. The van der Waals surface area contributed by atoms with E-state index in [0.717, 1.165) is 4.73 Å². The summed E-state index contributed by atoms with van der Waals surface area (Å²) in [6.45, 7) is 1.58. The number of Topliss-reactive ketones (excluding diaryl/α,β-unsaturated/α-hetero) is 1. The van der Waals surface area contributed by atoms with E-state index in [2.05, 4.69) is 0 Å². The number of aromatic nitrogens is 1. The van der Waals surface area contributed by atoms with Crippen molar-refractivity contribution in [1.29, 1.82) is 0 Å². The average molecular weight is 233 g/mol. The van der Waals surface area contributed by atoms with Crippen LogP contribution in [0.1, 0.15) is 13.3 Å². The van der Waals surface area contributed by atoms with Crippen LogP contribution in [0.15, 0.2) is 30.5 Å². The number of para-hydroxylation sites is 1. The molecule has 0 aliphatic heterocycles. The fourth-order valence-corrected chi connectivity index (χ4v) is 1.49. The molecule has 1 heterocycles. The first-order valence-electron chi connectivity index (χ1n) is 5.18. The molecule has 5 nitrogen and oxygen atoms in total. The maximum atomic E-state index is 11.3. The highest BCUT2D eigenvalue weighted by atomic mass is 16.7. The molecule has 88 valence electrons. The fourth-order valence-electron chi connectivity index (χ4n) is 1.49. The van der Waals surface area contributed by atoms with Crippen molar-refractivity contribution in [2.24, 2.45) is 0 Å². The van der Waals surface area contributed by atoms with E-state index >= 15 is 0 Å². The molecule has 0 unspecified atom stereocenters. The van der Waals surface area contributed by atoms with Crippen molar-refractivity contribution in [3.05, 3.63) is 30.5 Å². The van der Waals surface area contributed by atoms with Gasteiger partial charge in [-0.05, 0) is 12.1 Å². The number of ketones is 1. The van der Waals surface area contributed by atoms with Gasteiger partial charge in [0.15, 0.2) is 0 Å². The Hall–Kier alpha value is -2.30. The van der Waals surface area contributed by atoms with Crippen LogP contribution in [0.25, 0.3) is 10.9 Å². The lowest BCUT2D eigenvalue weighted by molar-refractivity contribution is -0.153. The molecule has 0 radical (unpaired) electrons. The lowest BCUT2D eigenvalue weighted by Gasteiger charge is -2.03. The SMILES string of the molecule is CCC(=O)C(=O)On1cc(O)c2ccccc21. The fraction of sp³-hybridized carbons (Fsp3) is 0.167. The van der Waals surface area contributed by atoms with Crippen LogP contribution in [0.5, 0.6) is 5.75 Å². The van der Waals surface area contributed by atoms with Gasteiger partial charge in [-0.3, -0.25) is 4.79 Å². The van der Waals surface area contributed by atoms with Crippen LogP contribution in [0, 0.1) is 0 Å². The molecule has 0 spiro atoms. The molecule has 0 bridgehead atoms. The molecule has 17 heavy (non-hydrogen) atoms. The van der Waals surface area contributed by atoms with Crippen LogP contribution in [0.3, 0.4) is 0 Å². The van der Waals surface area contributed by atoms with Crippen LogP contribution >= 0.6 is 0 Å². The summed E-state index contributed by atoms with van der Waals surface area (Å²) in [5.41, 5.74) is 0.530. The number of rotatable bonds is 3. The Kier molecular flexibility index (Phi) is 2.82. The standard InChI is InChI=1S/C12H11NO4/c1-2-10(14)12(16)17-13-7-11(15)8-5-3-4-6-9(8)13/h3-7,15H,2H2,1H3. The molecule has 2 rings (SSSR count). The Bertz CT molecular complexity index is 585. The molecule has 0 amide bonds. The van der Waals surface area contributed by atoms with Crippen molar-refractivity contribution in [1.82, 2.24) is 4.73 Å². The largest absolute Gasteiger partial charge is 0.506 e. The van der Waals surface area contributed by atoms with Gasteiger partial charge < -0.3 is 9.94 Å². The number of aromatic hydroxyl groups is 1. The van der Waals surface area contributed by atoms with Crippen LogP contribution in [0.4, 0.5) is 0 Å². The monoisotopic (exact) mass is 233 g/mol. The van der Waals surface area contributed by atoms with Gasteiger partial charge in [0.25, 0.3) is 0 Å². The second kappa shape index (κ2) is 4.29. The predicted molar refractivity (Wildman–Crippen MR) is 60.5 cm³/mol. The van der Waals surface area contributed by atoms with Crippen molar-refractivity contribution in [2.45, 2.75) is 13.3 Å². The molecule has 1 N–H and O–H groups in total. The molecule has 0 saturated carbocycles. The van der Waals surface area contributed by atoms with Gasteiger partial charge in [0.2, 0.25) is 5.78 Å². The highest BCUT2D eigenvalue weighted by molar-refractivity contribution is 6.33. The van der Waals surface area contributed by atoms with Gasteiger partial charge in [-0.25, -0.2) is 4.79 Å². The van der Waals surface area contributed by atoms with Gasteiger partial charge >= 0.3 is 5.97 Å². The number of fused-ring (bicyclic) bond motifs is 1. The summed E-state index contributed by atoms with van der Waals surface area (Å²) in [6.07, 6.45) is 1.34. The summed E-state index contributed by atoms with van der Waals surface area (Å²) in [5, 5.41) is 10.2. The third-order valence-corrected chi connectivity index (χ3v) is 2.39. The number of benzene rings is 1. The van der Waals surface area contributed by atoms with Gasteiger partial charge in [-0.1, -0.05) is 19.1 Å². The summed E-state index contributed by atoms with van der Waals surface area (Å²) < 4.78 is 1.10. The van der Waals surface area contributed by atoms with Crippen LogP contribution in [0.2, 0.25) is 0 Å². The average Bonchev–Trinajstić information content (AvgIpc) is 2.66. The Morgan fingerprint density at radius 1 is 1.35 bits per heavy atom. The van der Waals surface area contributed by atoms with E-state index in [-0.39, 0.29) is 12.2 Å². The Labute approximate surface area is 97.2 Å². The van der Waals surface area contributed by atoms with Crippen molar-refractivity contribution in [2.75, 3.05) is 0 Å². The summed E-state index contributed by atoms with van der Waals surface area (Å²) >= 11 is 0. The number of nitrogens with zero attached hydrogens (tertiary/aromatic N) is 1. The van der Waals surface area contributed by atoms with Gasteiger partial charge in [0, 0.05) is 11.8 Å². The van der Waals surface area contributed by atoms with E-state index in [1.807, 2.05) is 0 Å². The minimum absolute atomic E-state index is 0.00246. The zero-order valence-corrected chi connectivity index (χ0v) is 9.21. The predicted octanol–water partition coefficient (Wildman–Crippen LogP) is 1.28. The third kappa shape index (κ3) is 1.99. The van der Waals surface area contributed by atoms with Crippen LogP contribution in [-0.4, -0.2) is 21.6 Å². The van der Waals surface area contributed by atoms with E-state index in [1.54, 1.807) is 31.2 Å². The second-order valence-electron chi connectivity index (χ2n) is 3.51. The molecule has 5 heteroatoms. The zero-order chi connectivity index (χ0) is 12.4. The highest BCUT2D eigenvalue weighted by Gasteiger charge is 2.16. The maximum absolute atomic E-state index is 11.3. The Morgan fingerprint density at radius 3 is 2.76 bits per heavy atom. The quantitative estimate of drug-likeness (QED) is 0.811. The highest BCUT2D eigenvalue weighted by Crippen LogP contribution is 2.25. The normalized spacial score (nSPS) is 10.4. The Morgan fingerprint density at radius 2 is 2.06 bits per heavy atom. The molecular weight excluding hydrogens is 222 g/mol. The lowest BCUT2D eigenvalue weighted by Crippen LogP contribution is -2.26. The molecule has 2 aromatic rings. The van der Waals surface area contributed by atoms with Crippen molar-refractivity contribution in [3.63, 3.8) is 0 Å². The molecule has 0 aliphatic carbocycles. The summed E-state index contributed by atoms with van der Waals surface area (Å²) in [6, 6.07) is 6.87. The molecule has 0 fully saturated rings. The minimum Gasteiger partial charge on any atom is -0.506 e. The van der Waals surface area contributed by atoms with E-state index in [4.69, 9.17) is 4.84 Å². The number of hydrogen-bond acceptors (Lipinski definition) is 4. The second-order valence-corrected chi connectivity index (χ2v) is 3.51. The minimum atomic E-state index is -0.937.